The van der Waals surface area contributed by atoms with Crippen LogP contribution in [0.1, 0.15) is 17.7 Å². The van der Waals surface area contributed by atoms with Crippen molar-refractivity contribution in [3.8, 4) is 0 Å². The van der Waals surface area contributed by atoms with E-state index in [9.17, 15) is 21.6 Å². The molecule has 0 fully saturated rings. The van der Waals surface area contributed by atoms with Crippen molar-refractivity contribution in [2.24, 2.45) is 5.14 Å². The first kappa shape index (κ1) is 18.0. The van der Waals surface area contributed by atoms with E-state index in [0.29, 0.717) is 4.88 Å². The van der Waals surface area contributed by atoms with Gasteiger partial charge in [-0.1, -0.05) is 0 Å². The molecular formula is C10H16N2O6S3. The molecule has 8 nitrogen and oxygen atoms in total. The SMILES string of the molecule is COC(=O)CCCS(=O)(=O)NCc1ccc(S(N)(=O)=O)s1. The van der Waals surface area contributed by atoms with Crippen LogP contribution in [0.5, 0.6) is 0 Å². The van der Waals surface area contributed by atoms with Crippen LogP contribution in [0, 0.1) is 0 Å². The van der Waals surface area contributed by atoms with E-state index in [4.69, 9.17) is 5.14 Å². The van der Waals surface area contributed by atoms with Gasteiger partial charge in [0.05, 0.1) is 12.9 Å². The average Bonchev–Trinajstić information content (AvgIpc) is 2.85. The minimum atomic E-state index is -3.77. The number of rotatable bonds is 8. The lowest BCUT2D eigenvalue weighted by Gasteiger charge is -2.05. The lowest BCUT2D eigenvalue weighted by atomic mass is 10.3. The molecule has 1 aromatic heterocycles. The van der Waals surface area contributed by atoms with Gasteiger partial charge in [0.25, 0.3) is 0 Å². The van der Waals surface area contributed by atoms with Crippen molar-refractivity contribution in [2.45, 2.75) is 23.6 Å². The number of esters is 1. The summed E-state index contributed by atoms with van der Waals surface area (Å²) >= 11 is 0.899. The molecule has 0 aromatic carbocycles. The molecule has 120 valence electrons. The van der Waals surface area contributed by atoms with Crippen LogP contribution in [-0.4, -0.2) is 35.7 Å². The quantitative estimate of drug-likeness (QED) is 0.618. The number of nitrogens with one attached hydrogen (secondary N) is 1. The maximum atomic E-state index is 11.7. The predicted octanol–water partition coefficient (Wildman–Crippen LogP) is -0.232. The molecule has 0 aliphatic carbocycles. The molecule has 21 heavy (non-hydrogen) atoms. The molecule has 3 N–H and O–H groups in total. The van der Waals surface area contributed by atoms with E-state index in [0.717, 1.165) is 11.3 Å². The molecule has 0 saturated carbocycles. The molecule has 0 atom stereocenters. The summed E-state index contributed by atoms with van der Waals surface area (Å²) < 4.78 is 52.2. The molecule has 0 aliphatic rings. The molecule has 1 aromatic rings. The molecule has 1 rings (SSSR count). The Balaban J connectivity index is 2.50. The predicted molar refractivity (Wildman–Crippen MR) is 77.6 cm³/mol. The van der Waals surface area contributed by atoms with Crippen molar-refractivity contribution in [3.63, 3.8) is 0 Å². The van der Waals surface area contributed by atoms with Crippen LogP contribution in [-0.2, 0) is 36.1 Å². The van der Waals surface area contributed by atoms with Gasteiger partial charge in [0.2, 0.25) is 20.0 Å². The zero-order valence-electron chi connectivity index (χ0n) is 11.2. The van der Waals surface area contributed by atoms with E-state index in [1.54, 1.807) is 0 Å². The van der Waals surface area contributed by atoms with Crippen molar-refractivity contribution in [1.29, 1.82) is 0 Å². The second-order valence-corrected chi connectivity index (χ2v) is 8.97. The van der Waals surface area contributed by atoms with Crippen molar-refractivity contribution in [2.75, 3.05) is 12.9 Å². The van der Waals surface area contributed by atoms with Gasteiger partial charge in [-0.05, 0) is 18.6 Å². The summed E-state index contributed by atoms with van der Waals surface area (Å²) in [5.74, 6) is -0.684. The van der Waals surface area contributed by atoms with Crippen LogP contribution in [0.15, 0.2) is 16.3 Å². The summed E-state index contributed by atoms with van der Waals surface area (Å²) in [6.45, 7) is -0.0270. The fraction of sp³-hybridized carbons (Fsp3) is 0.500. The molecule has 0 bridgehead atoms. The van der Waals surface area contributed by atoms with Gasteiger partial charge in [-0.25, -0.2) is 26.7 Å². The Morgan fingerprint density at radius 3 is 2.52 bits per heavy atom. The van der Waals surface area contributed by atoms with Gasteiger partial charge in [-0.2, -0.15) is 0 Å². The lowest BCUT2D eigenvalue weighted by molar-refractivity contribution is -0.140. The van der Waals surface area contributed by atoms with Gasteiger partial charge < -0.3 is 4.74 Å². The van der Waals surface area contributed by atoms with E-state index >= 15 is 0 Å². The number of carbonyl (C=O) groups is 1. The Morgan fingerprint density at radius 2 is 2.00 bits per heavy atom. The summed E-state index contributed by atoms with van der Waals surface area (Å²) in [6.07, 6.45) is 0.168. The summed E-state index contributed by atoms with van der Waals surface area (Å²) in [5, 5.41) is 4.96. The number of hydrogen-bond donors (Lipinski definition) is 2. The number of primary sulfonamides is 1. The third kappa shape index (κ3) is 6.52. The van der Waals surface area contributed by atoms with Gasteiger partial charge in [-0.15, -0.1) is 11.3 Å². The number of ether oxygens (including phenoxy) is 1. The summed E-state index contributed by atoms with van der Waals surface area (Å²) in [5.41, 5.74) is 0. The summed E-state index contributed by atoms with van der Waals surface area (Å²) in [7, 11) is -6.08. The van der Waals surface area contributed by atoms with Crippen LogP contribution in [0.2, 0.25) is 0 Å². The smallest absolute Gasteiger partial charge is 0.305 e. The Kier molecular flexibility index (Phi) is 6.28. The number of thiophene rings is 1. The van der Waals surface area contributed by atoms with E-state index in [1.165, 1.54) is 19.2 Å². The zero-order chi connectivity index (χ0) is 16.1. The highest BCUT2D eigenvalue weighted by Gasteiger charge is 2.14. The first-order valence-electron chi connectivity index (χ1n) is 5.80. The van der Waals surface area contributed by atoms with E-state index in [1.807, 2.05) is 0 Å². The van der Waals surface area contributed by atoms with Gasteiger partial charge >= 0.3 is 5.97 Å². The Morgan fingerprint density at radius 1 is 1.33 bits per heavy atom. The number of hydrogen-bond acceptors (Lipinski definition) is 7. The van der Waals surface area contributed by atoms with E-state index in [2.05, 4.69) is 9.46 Å². The third-order valence-corrected chi connectivity index (χ3v) is 6.34. The van der Waals surface area contributed by atoms with E-state index in [-0.39, 0.29) is 29.3 Å². The molecule has 0 amide bonds. The first-order valence-corrected chi connectivity index (χ1v) is 9.81. The third-order valence-electron chi connectivity index (χ3n) is 2.41. The van der Waals surface area contributed by atoms with Crippen LogP contribution in [0.3, 0.4) is 0 Å². The largest absolute Gasteiger partial charge is 0.469 e. The molecular weight excluding hydrogens is 340 g/mol. The fourth-order valence-corrected chi connectivity index (χ4v) is 4.22. The van der Waals surface area contributed by atoms with Crippen LogP contribution >= 0.6 is 11.3 Å². The molecule has 0 saturated heterocycles. The normalized spacial score (nSPS) is 12.3. The van der Waals surface area contributed by atoms with Gasteiger partial charge in [0.1, 0.15) is 4.21 Å². The Bertz CT molecular complexity index is 692. The standard InChI is InChI=1S/C10H16N2O6S3/c1-18-9(13)3-2-6-20(14,15)12-7-8-4-5-10(19-8)21(11,16)17/h4-5,12H,2-3,6-7H2,1H3,(H2,11,16,17). The monoisotopic (exact) mass is 356 g/mol. The maximum absolute atomic E-state index is 11.7. The Labute approximate surface area is 127 Å². The van der Waals surface area contributed by atoms with Gasteiger partial charge in [-0.3, -0.25) is 4.79 Å². The van der Waals surface area contributed by atoms with Crippen molar-refractivity contribution in [3.05, 3.63) is 17.0 Å². The summed E-state index contributed by atoms with van der Waals surface area (Å²) in [6, 6.07) is 2.81. The number of nitrogens with two attached hydrogens (primary N) is 1. The molecule has 0 unspecified atom stereocenters. The molecule has 0 spiro atoms. The van der Waals surface area contributed by atoms with E-state index < -0.39 is 26.0 Å². The highest BCUT2D eigenvalue weighted by Crippen LogP contribution is 2.20. The van der Waals surface area contributed by atoms with Crippen LogP contribution in [0.25, 0.3) is 0 Å². The lowest BCUT2D eigenvalue weighted by Crippen LogP contribution is -2.26. The highest BCUT2D eigenvalue weighted by molar-refractivity contribution is 7.91. The van der Waals surface area contributed by atoms with Crippen molar-refractivity contribution in [1.82, 2.24) is 4.72 Å². The topological polar surface area (TPSA) is 133 Å². The van der Waals surface area contributed by atoms with Crippen molar-refractivity contribution < 1.29 is 26.4 Å². The molecule has 0 radical (unpaired) electrons. The maximum Gasteiger partial charge on any atom is 0.305 e. The van der Waals surface area contributed by atoms with Crippen LogP contribution in [0.4, 0.5) is 0 Å². The summed E-state index contributed by atoms with van der Waals surface area (Å²) in [4.78, 5) is 11.4. The number of methoxy groups -OCH3 is 1. The average molecular weight is 356 g/mol. The minimum absolute atomic E-state index is 0.0198. The van der Waals surface area contributed by atoms with Crippen LogP contribution < -0.4 is 9.86 Å². The fourth-order valence-electron chi connectivity index (χ4n) is 1.37. The van der Waals surface area contributed by atoms with Crippen molar-refractivity contribution >= 4 is 37.4 Å². The molecule has 11 heteroatoms. The molecule has 0 aliphatic heterocycles. The van der Waals surface area contributed by atoms with Gasteiger partial charge in [0.15, 0.2) is 0 Å². The molecule has 1 heterocycles. The minimum Gasteiger partial charge on any atom is -0.469 e. The number of sulfonamides is 2. The second kappa shape index (κ2) is 7.31. The first-order chi connectivity index (χ1) is 9.64. The number of carbonyl (C=O) groups excluding carboxylic acids is 1. The Hall–Kier alpha value is -1.01. The highest BCUT2D eigenvalue weighted by atomic mass is 32.2. The second-order valence-electron chi connectivity index (χ2n) is 4.09. The van der Waals surface area contributed by atoms with Gasteiger partial charge in [0, 0.05) is 17.8 Å². The zero-order valence-corrected chi connectivity index (χ0v) is 13.7.